The highest BCUT2D eigenvalue weighted by Gasteiger charge is 2.29. The summed E-state index contributed by atoms with van der Waals surface area (Å²) >= 11 is 0. The Morgan fingerprint density at radius 1 is 1.26 bits per heavy atom. The lowest BCUT2D eigenvalue weighted by molar-refractivity contribution is -0.136. The van der Waals surface area contributed by atoms with Crippen LogP contribution in [0.15, 0.2) is 18.2 Å². The van der Waals surface area contributed by atoms with E-state index < -0.39 is 42.2 Å². The van der Waals surface area contributed by atoms with Gasteiger partial charge in [-0.3, -0.25) is 4.79 Å². The van der Waals surface area contributed by atoms with Crippen LogP contribution in [-0.4, -0.2) is 30.1 Å². The van der Waals surface area contributed by atoms with Gasteiger partial charge in [0.05, 0.1) is 12.0 Å². The molecule has 0 unspecified atom stereocenters. The molecule has 1 rings (SSSR count). The monoisotopic (exact) mass is 281 g/mol. The molecule has 0 aliphatic heterocycles. The van der Waals surface area contributed by atoms with Crippen LogP contribution < -0.4 is 0 Å². The van der Waals surface area contributed by atoms with Gasteiger partial charge in [0.15, 0.2) is 0 Å². The first-order valence-electron chi connectivity index (χ1n) is 5.55. The predicted molar refractivity (Wildman–Crippen MR) is 58.6 cm³/mol. The fourth-order valence-electron chi connectivity index (χ4n) is 1.50. The molecule has 0 heterocycles. The van der Waals surface area contributed by atoms with E-state index in [1.165, 1.54) is 6.92 Å². The van der Waals surface area contributed by atoms with Gasteiger partial charge in [0.25, 0.3) is 5.91 Å². The van der Waals surface area contributed by atoms with Gasteiger partial charge in [-0.05, 0) is 19.1 Å². The van der Waals surface area contributed by atoms with Crippen LogP contribution in [0.4, 0.5) is 22.0 Å². The lowest BCUT2D eigenvalue weighted by atomic mass is 10.1. The van der Waals surface area contributed by atoms with Gasteiger partial charge in [0.2, 0.25) is 0 Å². The highest BCUT2D eigenvalue weighted by atomic mass is 19.4. The largest absolute Gasteiger partial charge is 0.390 e. The van der Waals surface area contributed by atoms with Gasteiger partial charge in [0, 0.05) is 19.2 Å². The van der Waals surface area contributed by atoms with Crippen molar-refractivity contribution in [3.63, 3.8) is 0 Å². The molecule has 19 heavy (non-hydrogen) atoms. The third kappa shape index (κ3) is 4.50. The maximum absolute atomic E-state index is 13.4. The Morgan fingerprint density at radius 3 is 2.37 bits per heavy atom. The van der Waals surface area contributed by atoms with E-state index in [2.05, 4.69) is 0 Å². The van der Waals surface area contributed by atoms with Crippen molar-refractivity contribution >= 4 is 5.91 Å². The summed E-state index contributed by atoms with van der Waals surface area (Å²) in [5, 5.41) is 0. The fraction of sp³-hybridized carbons (Fsp3) is 0.417. The van der Waals surface area contributed by atoms with Crippen LogP contribution in [0, 0.1) is 11.6 Å². The maximum atomic E-state index is 13.4. The molecule has 106 valence electrons. The minimum absolute atomic E-state index is 0.00568. The van der Waals surface area contributed by atoms with Crippen LogP contribution in [-0.2, 0) is 0 Å². The summed E-state index contributed by atoms with van der Waals surface area (Å²) in [5.41, 5.74) is -0.439. The van der Waals surface area contributed by atoms with Crippen LogP contribution in [0.2, 0.25) is 0 Å². The summed E-state index contributed by atoms with van der Waals surface area (Å²) in [6.45, 7) is 0.928. The van der Waals surface area contributed by atoms with Gasteiger partial charge in [-0.1, -0.05) is 0 Å². The van der Waals surface area contributed by atoms with E-state index >= 15 is 0 Å². The zero-order valence-corrected chi connectivity index (χ0v) is 10.1. The van der Waals surface area contributed by atoms with E-state index in [4.69, 9.17) is 0 Å². The van der Waals surface area contributed by atoms with Gasteiger partial charge in [-0.25, -0.2) is 8.78 Å². The number of halogens is 5. The average molecular weight is 281 g/mol. The quantitative estimate of drug-likeness (QED) is 0.775. The first-order chi connectivity index (χ1) is 8.74. The van der Waals surface area contributed by atoms with Crippen LogP contribution >= 0.6 is 0 Å². The second-order valence-corrected chi connectivity index (χ2v) is 3.87. The average Bonchev–Trinajstić information content (AvgIpc) is 2.27. The summed E-state index contributed by atoms with van der Waals surface area (Å²) in [5.74, 6) is -2.83. The first-order valence-corrected chi connectivity index (χ1v) is 5.55. The van der Waals surface area contributed by atoms with Gasteiger partial charge in [-0.2, -0.15) is 13.2 Å². The number of carbonyl (C=O) groups is 1. The highest BCUT2D eigenvalue weighted by Crippen LogP contribution is 2.20. The third-order valence-corrected chi connectivity index (χ3v) is 2.50. The molecule has 7 heteroatoms. The van der Waals surface area contributed by atoms with Crippen LogP contribution in [0.5, 0.6) is 0 Å². The molecule has 0 atom stereocenters. The van der Waals surface area contributed by atoms with E-state index in [1.54, 1.807) is 0 Å². The number of hydrogen-bond acceptors (Lipinski definition) is 1. The lowest BCUT2D eigenvalue weighted by Gasteiger charge is -2.21. The van der Waals surface area contributed by atoms with Crippen molar-refractivity contribution in [2.24, 2.45) is 0 Å². The van der Waals surface area contributed by atoms with Crippen LogP contribution in [0.3, 0.4) is 0 Å². The van der Waals surface area contributed by atoms with Gasteiger partial charge in [0.1, 0.15) is 11.6 Å². The first kappa shape index (κ1) is 15.4. The van der Waals surface area contributed by atoms with Crippen molar-refractivity contribution < 1.29 is 26.7 Å². The molecular weight excluding hydrogens is 269 g/mol. The molecule has 0 aliphatic rings. The summed E-state index contributed by atoms with van der Waals surface area (Å²) in [4.78, 5) is 12.7. The molecule has 0 saturated carbocycles. The van der Waals surface area contributed by atoms with Crippen molar-refractivity contribution in [1.82, 2.24) is 4.90 Å². The number of amides is 1. The molecule has 0 saturated heterocycles. The summed E-state index contributed by atoms with van der Waals surface area (Å²) in [6, 6.07) is 2.32. The van der Waals surface area contributed by atoms with E-state index in [0.717, 1.165) is 17.0 Å². The molecule has 1 aromatic carbocycles. The van der Waals surface area contributed by atoms with Crippen LogP contribution in [0.25, 0.3) is 0 Å². The lowest BCUT2D eigenvalue weighted by Crippen LogP contribution is -2.34. The highest BCUT2D eigenvalue weighted by molar-refractivity contribution is 5.94. The number of rotatable bonds is 4. The molecular formula is C12H12F5NO. The standard InChI is InChI=1S/C12H12F5NO/c1-2-18(6-5-12(15,16)17)11(19)9-4-3-8(13)7-10(9)14/h3-4,7H,2,5-6H2,1H3. The van der Waals surface area contributed by atoms with Gasteiger partial charge >= 0.3 is 6.18 Å². The summed E-state index contributed by atoms with van der Waals surface area (Å²) in [7, 11) is 0. The number of benzene rings is 1. The molecule has 1 amide bonds. The number of hydrogen-bond donors (Lipinski definition) is 0. The third-order valence-electron chi connectivity index (χ3n) is 2.50. The van der Waals surface area contributed by atoms with Crippen molar-refractivity contribution in [3.05, 3.63) is 35.4 Å². The Morgan fingerprint density at radius 2 is 1.89 bits per heavy atom. The molecule has 0 aromatic heterocycles. The van der Waals surface area contributed by atoms with E-state index in [1.807, 2.05) is 0 Å². The minimum atomic E-state index is -4.39. The summed E-state index contributed by atoms with van der Waals surface area (Å²) in [6.07, 6.45) is -5.57. The fourth-order valence-corrected chi connectivity index (χ4v) is 1.50. The zero-order chi connectivity index (χ0) is 14.6. The van der Waals surface area contributed by atoms with Gasteiger partial charge in [-0.15, -0.1) is 0 Å². The smallest absolute Gasteiger partial charge is 0.338 e. The van der Waals surface area contributed by atoms with Crippen molar-refractivity contribution in [2.75, 3.05) is 13.1 Å². The predicted octanol–water partition coefficient (Wildman–Crippen LogP) is 3.38. The van der Waals surface area contributed by atoms with E-state index in [-0.39, 0.29) is 6.54 Å². The van der Waals surface area contributed by atoms with Crippen LogP contribution in [0.1, 0.15) is 23.7 Å². The molecule has 0 fully saturated rings. The van der Waals surface area contributed by atoms with Crippen molar-refractivity contribution in [1.29, 1.82) is 0 Å². The van der Waals surface area contributed by atoms with E-state index in [9.17, 15) is 26.7 Å². The second-order valence-electron chi connectivity index (χ2n) is 3.87. The second kappa shape index (κ2) is 5.99. The molecule has 2 nitrogen and oxygen atoms in total. The van der Waals surface area contributed by atoms with Crippen molar-refractivity contribution in [2.45, 2.75) is 19.5 Å². The molecule has 0 radical (unpaired) electrons. The Balaban J connectivity index is 2.83. The van der Waals surface area contributed by atoms with Crippen molar-refractivity contribution in [3.8, 4) is 0 Å². The van der Waals surface area contributed by atoms with E-state index in [0.29, 0.717) is 6.07 Å². The normalized spacial score (nSPS) is 11.5. The number of nitrogens with zero attached hydrogens (tertiary/aromatic N) is 1. The number of carbonyl (C=O) groups excluding carboxylic acids is 1. The molecule has 0 bridgehead atoms. The molecule has 0 aliphatic carbocycles. The Bertz CT molecular complexity index is 458. The Hall–Kier alpha value is -1.66. The Kier molecular flexibility index (Phi) is 4.85. The minimum Gasteiger partial charge on any atom is -0.338 e. The zero-order valence-electron chi connectivity index (χ0n) is 10.1. The SMILES string of the molecule is CCN(CCC(F)(F)F)C(=O)c1ccc(F)cc1F. The molecule has 0 N–H and O–H groups in total. The molecule has 0 spiro atoms. The Labute approximate surface area is 106 Å². The molecule has 1 aromatic rings. The topological polar surface area (TPSA) is 20.3 Å². The number of alkyl halides is 3. The summed E-state index contributed by atoms with van der Waals surface area (Å²) < 4.78 is 62.3. The maximum Gasteiger partial charge on any atom is 0.390 e. The van der Waals surface area contributed by atoms with Gasteiger partial charge < -0.3 is 4.90 Å².